The quantitative estimate of drug-likeness (QED) is 0.452. The summed E-state index contributed by atoms with van der Waals surface area (Å²) in [5, 5.41) is 14.5. The summed E-state index contributed by atoms with van der Waals surface area (Å²) in [6, 6.07) is 22.7. The van der Waals surface area contributed by atoms with E-state index in [1.165, 1.54) is 6.07 Å². The highest BCUT2D eigenvalue weighted by molar-refractivity contribution is 5.89. The Morgan fingerprint density at radius 1 is 0.914 bits per heavy atom. The molecule has 0 radical (unpaired) electrons. The van der Waals surface area contributed by atoms with Gasteiger partial charge in [0.15, 0.2) is 0 Å². The molecule has 0 bridgehead atoms. The number of amides is 2. The fourth-order valence-corrected chi connectivity index (χ4v) is 4.35. The molecule has 3 aromatic carbocycles. The zero-order valence-corrected chi connectivity index (χ0v) is 19.7. The summed E-state index contributed by atoms with van der Waals surface area (Å²) in [6.45, 7) is 3.68. The van der Waals surface area contributed by atoms with Crippen molar-refractivity contribution in [3.63, 3.8) is 0 Å². The number of carboxylic acid groups (broad SMARTS) is 1. The van der Waals surface area contributed by atoms with E-state index in [2.05, 4.69) is 22.8 Å². The molecule has 1 aliphatic carbocycles. The van der Waals surface area contributed by atoms with Crippen LogP contribution in [-0.2, 0) is 16.0 Å². The fraction of sp³-hybridized carbons (Fsp3) is 0.250. The smallest absolute Gasteiger partial charge is 0.408 e. The number of carbonyl (C=O) groups excluding carboxylic acids is 2. The summed E-state index contributed by atoms with van der Waals surface area (Å²) >= 11 is 0. The first kappa shape index (κ1) is 24.0. The molecule has 0 atom stereocenters. The van der Waals surface area contributed by atoms with Crippen LogP contribution in [0.5, 0.6) is 0 Å². The van der Waals surface area contributed by atoms with Gasteiger partial charge in [-0.25, -0.2) is 9.59 Å². The molecule has 0 spiro atoms. The van der Waals surface area contributed by atoms with Crippen molar-refractivity contribution in [3.05, 3.63) is 95.1 Å². The lowest BCUT2D eigenvalue weighted by Gasteiger charge is -2.25. The van der Waals surface area contributed by atoms with Gasteiger partial charge in [-0.05, 0) is 60.2 Å². The predicted molar refractivity (Wildman–Crippen MR) is 132 cm³/mol. The van der Waals surface area contributed by atoms with Gasteiger partial charge in [-0.3, -0.25) is 4.79 Å². The van der Waals surface area contributed by atoms with Gasteiger partial charge in [0.05, 0.1) is 5.56 Å². The maximum Gasteiger partial charge on any atom is 0.408 e. The van der Waals surface area contributed by atoms with Gasteiger partial charge in [-0.15, -0.1) is 0 Å². The van der Waals surface area contributed by atoms with E-state index in [9.17, 15) is 14.4 Å². The third kappa shape index (κ3) is 5.35. The van der Waals surface area contributed by atoms with Crippen molar-refractivity contribution < 1.29 is 24.2 Å². The van der Waals surface area contributed by atoms with E-state index in [1.54, 1.807) is 32.0 Å². The number of fused-ring (bicyclic) bond motifs is 3. The lowest BCUT2D eigenvalue weighted by Crippen LogP contribution is -2.55. The van der Waals surface area contributed by atoms with Gasteiger partial charge >= 0.3 is 12.1 Å². The molecule has 0 saturated carbocycles. The number of alkyl carbamates (subject to hydrolysis) is 1. The normalized spacial score (nSPS) is 12.4. The Kier molecular flexibility index (Phi) is 6.87. The SMILES string of the molecule is CC(C)(NC(=O)OCC1c2ccccc2-c2ccccc21)C(=O)NCCc1cccc(C(=O)O)c1. The largest absolute Gasteiger partial charge is 0.478 e. The molecule has 0 saturated heterocycles. The maximum absolute atomic E-state index is 12.7. The molecule has 3 N–H and O–H groups in total. The van der Waals surface area contributed by atoms with Crippen LogP contribution < -0.4 is 10.6 Å². The monoisotopic (exact) mass is 472 g/mol. The van der Waals surface area contributed by atoms with E-state index >= 15 is 0 Å². The number of hydrogen-bond acceptors (Lipinski definition) is 4. The van der Waals surface area contributed by atoms with Crippen molar-refractivity contribution >= 4 is 18.0 Å². The summed E-state index contributed by atoms with van der Waals surface area (Å²) in [5.41, 5.74) is 4.33. The van der Waals surface area contributed by atoms with Crippen molar-refractivity contribution in [1.29, 1.82) is 0 Å². The number of aromatic carboxylic acids is 1. The molecule has 0 aromatic heterocycles. The Morgan fingerprint density at radius 3 is 2.17 bits per heavy atom. The van der Waals surface area contributed by atoms with Crippen LogP contribution in [0.25, 0.3) is 11.1 Å². The molecule has 35 heavy (non-hydrogen) atoms. The topological polar surface area (TPSA) is 105 Å². The minimum Gasteiger partial charge on any atom is -0.478 e. The molecule has 0 unspecified atom stereocenters. The number of rotatable bonds is 8. The Bertz CT molecular complexity index is 1220. The number of nitrogens with one attached hydrogen (secondary N) is 2. The molecule has 0 fully saturated rings. The van der Waals surface area contributed by atoms with Crippen molar-refractivity contribution in [2.24, 2.45) is 0 Å². The van der Waals surface area contributed by atoms with Crippen LogP contribution in [0.15, 0.2) is 72.8 Å². The molecular weight excluding hydrogens is 444 g/mol. The molecule has 1 aliphatic rings. The van der Waals surface area contributed by atoms with Crippen molar-refractivity contribution in [2.45, 2.75) is 31.7 Å². The summed E-state index contributed by atoms with van der Waals surface area (Å²) in [5.74, 6) is -1.42. The van der Waals surface area contributed by atoms with Crippen LogP contribution in [0.1, 0.15) is 46.8 Å². The van der Waals surface area contributed by atoms with E-state index in [0.29, 0.717) is 13.0 Å². The Balaban J connectivity index is 1.30. The molecule has 0 aliphatic heterocycles. The number of ether oxygens (including phenoxy) is 1. The lowest BCUT2D eigenvalue weighted by molar-refractivity contribution is -0.126. The Morgan fingerprint density at radius 2 is 1.54 bits per heavy atom. The zero-order chi connectivity index (χ0) is 25.0. The standard InChI is InChI=1S/C28H28N2O5/c1-28(2,26(33)29-15-14-18-8-7-9-19(16-18)25(31)32)30-27(34)35-17-24-22-12-5-3-10-20(22)21-11-4-6-13-23(21)24/h3-13,16,24H,14-15,17H2,1-2H3,(H,29,33)(H,30,34)(H,31,32). The third-order valence-electron chi connectivity index (χ3n) is 6.20. The molecular formula is C28H28N2O5. The van der Waals surface area contributed by atoms with E-state index in [4.69, 9.17) is 9.84 Å². The minimum atomic E-state index is -1.19. The van der Waals surface area contributed by atoms with Crippen LogP contribution in [0.3, 0.4) is 0 Å². The second-order valence-corrected chi connectivity index (χ2v) is 9.09. The highest BCUT2D eigenvalue weighted by atomic mass is 16.5. The van der Waals surface area contributed by atoms with Crippen LogP contribution in [-0.4, -0.2) is 41.8 Å². The first-order valence-electron chi connectivity index (χ1n) is 11.5. The van der Waals surface area contributed by atoms with Crippen LogP contribution in [0.2, 0.25) is 0 Å². The van der Waals surface area contributed by atoms with Crippen LogP contribution >= 0.6 is 0 Å². The average Bonchev–Trinajstić information content (AvgIpc) is 3.16. The number of carboxylic acids is 1. The van der Waals surface area contributed by atoms with Gasteiger partial charge < -0.3 is 20.5 Å². The summed E-state index contributed by atoms with van der Waals surface area (Å²) in [7, 11) is 0. The predicted octanol–water partition coefficient (Wildman–Crippen LogP) is 4.36. The molecule has 180 valence electrons. The van der Waals surface area contributed by atoms with E-state index < -0.39 is 17.6 Å². The highest BCUT2D eigenvalue weighted by Gasteiger charge is 2.32. The summed E-state index contributed by atoms with van der Waals surface area (Å²) in [6.07, 6.45) is -0.199. The Hall–Kier alpha value is -4.13. The van der Waals surface area contributed by atoms with E-state index in [-0.39, 0.29) is 24.0 Å². The van der Waals surface area contributed by atoms with Gasteiger partial charge in [0.25, 0.3) is 0 Å². The lowest BCUT2D eigenvalue weighted by atomic mass is 9.98. The number of carbonyl (C=O) groups is 3. The highest BCUT2D eigenvalue weighted by Crippen LogP contribution is 2.44. The van der Waals surface area contributed by atoms with Gasteiger partial charge in [0, 0.05) is 12.5 Å². The first-order chi connectivity index (χ1) is 16.8. The van der Waals surface area contributed by atoms with Gasteiger partial charge in [-0.2, -0.15) is 0 Å². The number of benzene rings is 3. The minimum absolute atomic E-state index is 0.0633. The zero-order valence-electron chi connectivity index (χ0n) is 19.7. The van der Waals surface area contributed by atoms with Crippen molar-refractivity contribution in [2.75, 3.05) is 13.2 Å². The average molecular weight is 473 g/mol. The van der Waals surface area contributed by atoms with E-state index in [1.807, 2.05) is 36.4 Å². The van der Waals surface area contributed by atoms with Gasteiger partial charge in [0.1, 0.15) is 12.1 Å². The molecule has 4 rings (SSSR count). The number of hydrogen-bond donors (Lipinski definition) is 3. The molecule has 2 amide bonds. The second kappa shape index (κ2) is 10.0. The van der Waals surface area contributed by atoms with E-state index in [0.717, 1.165) is 27.8 Å². The molecule has 7 nitrogen and oxygen atoms in total. The van der Waals surface area contributed by atoms with Crippen LogP contribution in [0, 0.1) is 0 Å². The van der Waals surface area contributed by atoms with Crippen LogP contribution in [0.4, 0.5) is 4.79 Å². The van der Waals surface area contributed by atoms with Gasteiger partial charge in [-0.1, -0.05) is 60.7 Å². The third-order valence-corrected chi connectivity index (χ3v) is 6.20. The first-order valence-corrected chi connectivity index (χ1v) is 11.5. The molecule has 7 heteroatoms. The molecule has 0 heterocycles. The second-order valence-electron chi connectivity index (χ2n) is 9.09. The van der Waals surface area contributed by atoms with Crippen molar-refractivity contribution in [3.8, 4) is 11.1 Å². The van der Waals surface area contributed by atoms with Crippen molar-refractivity contribution in [1.82, 2.24) is 10.6 Å². The van der Waals surface area contributed by atoms with Gasteiger partial charge in [0.2, 0.25) is 5.91 Å². The maximum atomic E-state index is 12.7. The Labute approximate surface area is 204 Å². The summed E-state index contributed by atoms with van der Waals surface area (Å²) < 4.78 is 5.55. The molecule has 3 aromatic rings. The summed E-state index contributed by atoms with van der Waals surface area (Å²) in [4.78, 5) is 36.4. The fourth-order valence-electron chi connectivity index (χ4n) is 4.35.